The van der Waals surface area contributed by atoms with Crippen LogP contribution in [-0.2, 0) is 14.9 Å². The van der Waals surface area contributed by atoms with E-state index in [4.69, 9.17) is 4.74 Å². The molecule has 1 fully saturated rings. The first-order chi connectivity index (χ1) is 11.3. The molecule has 24 heavy (non-hydrogen) atoms. The van der Waals surface area contributed by atoms with Crippen molar-refractivity contribution < 1.29 is 9.53 Å². The van der Waals surface area contributed by atoms with Crippen LogP contribution in [0.4, 0.5) is 0 Å². The first-order valence-corrected chi connectivity index (χ1v) is 9.48. The summed E-state index contributed by atoms with van der Waals surface area (Å²) < 4.78 is 7.18. The monoisotopic (exact) mass is 351 g/mol. The van der Waals surface area contributed by atoms with Gasteiger partial charge in [-0.2, -0.15) is 0 Å². The summed E-state index contributed by atoms with van der Waals surface area (Å²) in [6.07, 6.45) is 2.51. The number of aromatic nitrogens is 2. The number of thioether (sulfide) groups is 1. The van der Waals surface area contributed by atoms with Crippen LogP contribution < -0.4 is 10.9 Å². The molecule has 1 saturated heterocycles. The highest BCUT2D eigenvalue weighted by atomic mass is 32.2. The normalized spacial score (nSPS) is 23.3. The van der Waals surface area contributed by atoms with E-state index in [9.17, 15) is 9.59 Å². The molecule has 0 spiro atoms. The van der Waals surface area contributed by atoms with Crippen LogP contribution in [0, 0.1) is 0 Å². The van der Waals surface area contributed by atoms with Gasteiger partial charge in [-0.3, -0.25) is 14.2 Å². The predicted octanol–water partition coefficient (Wildman–Crippen LogP) is 1.87. The van der Waals surface area contributed by atoms with E-state index >= 15 is 0 Å². The third kappa shape index (κ3) is 3.83. The largest absolute Gasteiger partial charge is 0.376 e. The lowest BCUT2D eigenvalue weighted by atomic mass is 9.92. The molecule has 0 aliphatic carbocycles. The zero-order chi connectivity index (χ0) is 17.3. The van der Waals surface area contributed by atoms with Gasteiger partial charge in [-0.15, -0.1) is 0 Å². The molecule has 2 aliphatic heterocycles. The Morgan fingerprint density at radius 1 is 1.50 bits per heavy atom. The lowest BCUT2D eigenvalue weighted by molar-refractivity contribution is -0.122. The zero-order valence-corrected chi connectivity index (χ0v) is 15.3. The molecule has 6 nitrogen and oxygen atoms in total. The Bertz CT molecular complexity index is 675. The van der Waals surface area contributed by atoms with Crippen molar-refractivity contribution in [2.45, 2.75) is 62.8 Å². The molecular formula is C17H25N3O3S. The number of hydrogen-bond acceptors (Lipinski definition) is 5. The van der Waals surface area contributed by atoms with Gasteiger partial charge < -0.3 is 10.1 Å². The minimum absolute atomic E-state index is 0.0317. The maximum Gasteiger partial charge on any atom is 0.254 e. The van der Waals surface area contributed by atoms with Gasteiger partial charge in [0.25, 0.3) is 5.56 Å². The number of fused-ring (bicyclic) bond motifs is 1. The van der Waals surface area contributed by atoms with Crippen LogP contribution in [0.3, 0.4) is 0 Å². The molecule has 132 valence electrons. The summed E-state index contributed by atoms with van der Waals surface area (Å²) in [7, 11) is 0. The average molecular weight is 351 g/mol. The van der Waals surface area contributed by atoms with E-state index in [1.54, 1.807) is 22.4 Å². The maximum absolute atomic E-state index is 12.5. The predicted molar refractivity (Wildman–Crippen MR) is 93.6 cm³/mol. The Morgan fingerprint density at radius 2 is 2.29 bits per heavy atom. The van der Waals surface area contributed by atoms with Crippen molar-refractivity contribution in [3.63, 3.8) is 0 Å². The highest BCUT2D eigenvalue weighted by Gasteiger charge is 2.29. The fourth-order valence-electron chi connectivity index (χ4n) is 3.01. The molecule has 2 aliphatic rings. The number of ether oxygens (including phenoxy) is 1. The smallest absolute Gasteiger partial charge is 0.254 e. The van der Waals surface area contributed by atoms with Crippen molar-refractivity contribution in [1.82, 2.24) is 14.9 Å². The third-order valence-corrected chi connectivity index (χ3v) is 5.53. The molecular weight excluding hydrogens is 326 g/mol. The molecule has 1 aromatic rings. The minimum atomic E-state index is -0.161. The Balaban J connectivity index is 1.66. The van der Waals surface area contributed by atoms with E-state index in [0.29, 0.717) is 18.7 Å². The molecule has 2 atom stereocenters. The first kappa shape index (κ1) is 17.5. The molecule has 2 unspecified atom stereocenters. The molecule has 0 bridgehead atoms. The number of nitrogens with zero attached hydrogens (tertiary/aromatic N) is 2. The lowest BCUT2D eigenvalue weighted by Crippen LogP contribution is -2.35. The summed E-state index contributed by atoms with van der Waals surface area (Å²) in [5, 5.41) is 3.65. The van der Waals surface area contributed by atoms with Crippen LogP contribution in [0.2, 0.25) is 0 Å². The van der Waals surface area contributed by atoms with E-state index in [1.807, 2.05) is 20.8 Å². The maximum atomic E-state index is 12.5. The topological polar surface area (TPSA) is 73.2 Å². The van der Waals surface area contributed by atoms with Crippen molar-refractivity contribution in [3.05, 3.63) is 22.1 Å². The number of amides is 1. The second-order valence-corrected chi connectivity index (χ2v) is 8.48. The van der Waals surface area contributed by atoms with Gasteiger partial charge in [-0.1, -0.05) is 32.5 Å². The standard InChI is InChI=1S/C17H25N3O3S/c1-17(2,3)13-8-15(22)20-11(10-24-16(20)19-13)7-14(21)18-9-12-5-4-6-23-12/h8,11-12H,4-7,9-10H2,1-3H3,(H,18,21). The molecule has 3 heterocycles. The molecule has 0 aromatic carbocycles. The van der Waals surface area contributed by atoms with Crippen LogP contribution in [0.15, 0.2) is 16.0 Å². The van der Waals surface area contributed by atoms with Gasteiger partial charge in [0.2, 0.25) is 5.91 Å². The van der Waals surface area contributed by atoms with Gasteiger partial charge in [-0.25, -0.2) is 4.98 Å². The summed E-state index contributed by atoms with van der Waals surface area (Å²) in [6, 6.07) is 1.48. The van der Waals surface area contributed by atoms with Gasteiger partial charge in [0, 0.05) is 36.8 Å². The first-order valence-electron chi connectivity index (χ1n) is 8.50. The molecule has 0 radical (unpaired) electrons. The molecule has 1 N–H and O–H groups in total. The van der Waals surface area contributed by atoms with Crippen LogP contribution >= 0.6 is 11.8 Å². The molecule has 1 aromatic heterocycles. The fraction of sp³-hybridized carbons (Fsp3) is 0.706. The highest BCUT2D eigenvalue weighted by Crippen LogP contribution is 2.33. The molecule has 0 saturated carbocycles. The minimum Gasteiger partial charge on any atom is -0.376 e. The summed E-state index contributed by atoms with van der Waals surface area (Å²) in [4.78, 5) is 29.3. The van der Waals surface area contributed by atoms with Gasteiger partial charge >= 0.3 is 0 Å². The highest BCUT2D eigenvalue weighted by molar-refractivity contribution is 7.99. The number of rotatable bonds is 4. The Labute approximate surface area is 146 Å². The number of hydrogen-bond donors (Lipinski definition) is 1. The van der Waals surface area contributed by atoms with Crippen LogP contribution in [0.25, 0.3) is 0 Å². The molecule has 7 heteroatoms. The van der Waals surface area contributed by atoms with Crippen molar-refractivity contribution in [2.24, 2.45) is 0 Å². The van der Waals surface area contributed by atoms with Crippen LogP contribution in [-0.4, -0.2) is 40.5 Å². The summed E-state index contributed by atoms with van der Waals surface area (Å²) in [6.45, 7) is 7.47. The second kappa shape index (κ2) is 6.88. The van der Waals surface area contributed by atoms with Crippen LogP contribution in [0.1, 0.15) is 51.8 Å². The van der Waals surface area contributed by atoms with Gasteiger partial charge in [0.05, 0.1) is 17.8 Å². The van der Waals surface area contributed by atoms with Crippen LogP contribution in [0.5, 0.6) is 0 Å². The fourth-order valence-corrected chi connectivity index (χ4v) is 4.16. The van der Waals surface area contributed by atoms with Gasteiger partial charge in [0.1, 0.15) is 0 Å². The van der Waals surface area contributed by atoms with Crippen molar-refractivity contribution in [3.8, 4) is 0 Å². The van der Waals surface area contributed by atoms with Crippen molar-refractivity contribution in [2.75, 3.05) is 18.9 Å². The zero-order valence-electron chi connectivity index (χ0n) is 14.5. The van der Waals surface area contributed by atoms with E-state index in [2.05, 4.69) is 10.3 Å². The Kier molecular flexibility index (Phi) is 5.01. The Hall–Kier alpha value is -1.34. The average Bonchev–Trinajstić information content (AvgIpc) is 3.14. The van der Waals surface area contributed by atoms with Crippen molar-refractivity contribution >= 4 is 17.7 Å². The van der Waals surface area contributed by atoms with Crippen molar-refractivity contribution in [1.29, 1.82) is 0 Å². The number of carbonyl (C=O) groups excluding carboxylic acids is 1. The van der Waals surface area contributed by atoms with E-state index < -0.39 is 0 Å². The number of carbonyl (C=O) groups is 1. The number of nitrogens with one attached hydrogen (secondary N) is 1. The quantitative estimate of drug-likeness (QED) is 0.839. The van der Waals surface area contributed by atoms with E-state index in [1.165, 1.54) is 0 Å². The van der Waals surface area contributed by atoms with Gasteiger partial charge in [-0.05, 0) is 12.8 Å². The van der Waals surface area contributed by atoms with E-state index in [-0.39, 0.29) is 29.0 Å². The molecule has 3 rings (SSSR count). The SMILES string of the molecule is CC(C)(C)c1cc(=O)n2c(n1)SCC2CC(=O)NCC1CCCO1. The van der Waals surface area contributed by atoms with Gasteiger partial charge in [0.15, 0.2) is 5.16 Å². The summed E-state index contributed by atoms with van der Waals surface area (Å²) >= 11 is 1.55. The second-order valence-electron chi connectivity index (χ2n) is 7.49. The van der Waals surface area contributed by atoms with E-state index in [0.717, 1.165) is 30.3 Å². The summed E-state index contributed by atoms with van der Waals surface area (Å²) in [5.41, 5.74) is 0.577. The Morgan fingerprint density at radius 3 is 2.96 bits per heavy atom. The lowest BCUT2D eigenvalue weighted by Gasteiger charge is -2.19. The molecule has 1 amide bonds. The third-order valence-electron chi connectivity index (χ3n) is 4.43. The summed E-state index contributed by atoms with van der Waals surface area (Å²) in [5.74, 6) is 0.680.